The normalized spacial score (nSPS) is 19.5. The number of nitrogens with zero attached hydrogens (tertiary/aromatic N) is 6. The Morgan fingerprint density at radius 3 is 2.19 bits per heavy atom. The van der Waals surface area contributed by atoms with E-state index >= 15 is 0 Å². The van der Waals surface area contributed by atoms with Gasteiger partial charge in [-0.3, -0.25) is 4.79 Å². The fourth-order valence-electron chi connectivity index (χ4n) is 3.44. The topological polar surface area (TPSA) is 55.8 Å². The zero-order valence-electron chi connectivity index (χ0n) is 16.2. The fraction of sp³-hybridized carbons (Fsp3) is 0.722. The van der Waals surface area contributed by atoms with Gasteiger partial charge in [-0.25, -0.2) is 9.97 Å². The van der Waals surface area contributed by atoms with Crippen LogP contribution < -0.4 is 4.90 Å². The molecule has 27 heavy (non-hydrogen) atoms. The molecule has 1 aromatic heterocycles. The summed E-state index contributed by atoms with van der Waals surface area (Å²) in [5.74, 6) is 1.37. The highest BCUT2D eigenvalue weighted by atomic mass is 35.5. The number of carbonyl (C=O) groups excluding carboxylic acids is 1. The molecule has 0 spiro atoms. The fourth-order valence-corrected chi connectivity index (χ4v) is 4.42. The SMILES string of the molecule is CCN1CCN(C(=O)CSc2nc(Cl)cc(N3CCN(CC)CC3)n2)CC1. The predicted molar refractivity (Wildman–Crippen MR) is 111 cm³/mol. The van der Waals surface area contributed by atoms with Crippen LogP contribution in [-0.4, -0.2) is 102 Å². The average Bonchev–Trinajstić information content (AvgIpc) is 2.71. The van der Waals surface area contributed by atoms with Crippen LogP contribution in [0.1, 0.15) is 13.8 Å². The Kier molecular flexibility index (Phi) is 7.57. The first kappa shape index (κ1) is 20.6. The van der Waals surface area contributed by atoms with Gasteiger partial charge < -0.3 is 19.6 Å². The summed E-state index contributed by atoms with van der Waals surface area (Å²) in [6.45, 7) is 13.9. The summed E-state index contributed by atoms with van der Waals surface area (Å²) in [5, 5.41) is 1.01. The van der Waals surface area contributed by atoms with Gasteiger partial charge in [0.2, 0.25) is 5.91 Å². The first-order valence-electron chi connectivity index (χ1n) is 9.73. The zero-order chi connectivity index (χ0) is 19.2. The molecule has 0 bridgehead atoms. The molecule has 1 aromatic rings. The molecule has 0 aromatic carbocycles. The number of piperazine rings is 2. The van der Waals surface area contributed by atoms with Gasteiger partial charge in [-0.15, -0.1) is 0 Å². The van der Waals surface area contributed by atoms with Crippen molar-refractivity contribution in [1.82, 2.24) is 24.7 Å². The van der Waals surface area contributed by atoms with Crippen molar-refractivity contribution in [2.45, 2.75) is 19.0 Å². The van der Waals surface area contributed by atoms with E-state index in [9.17, 15) is 4.79 Å². The molecule has 2 fully saturated rings. The summed E-state index contributed by atoms with van der Waals surface area (Å²) in [6.07, 6.45) is 0. The largest absolute Gasteiger partial charge is 0.354 e. The van der Waals surface area contributed by atoms with E-state index in [2.05, 4.69) is 38.5 Å². The van der Waals surface area contributed by atoms with Gasteiger partial charge in [0.05, 0.1) is 5.75 Å². The van der Waals surface area contributed by atoms with Crippen molar-refractivity contribution in [3.63, 3.8) is 0 Å². The molecule has 0 aliphatic carbocycles. The summed E-state index contributed by atoms with van der Waals surface area (Å²) in [4.78, 5) is 30.4. The molecule has 2 saturated heterocycles. The molecule has 3 rings (SSSR count). The van der Waals surface area contributed by atoms with Gasteiger partial charge in [-0.2, -0.15) is 0 Å². The van der Waals surface area contributed by atoms with Gasteiger partial charge in [0, 0.05) is 58.4 Å². The van der Waals surface area contributed by atoms with Crippen LogP contribution in [0.15, 0.2) is 11.2 Å². The number of rotatable bonds is 6. The monoisotopic (exact) mass is 412 g/mol. The number of amides is 1. The molecule has 0 unspecified atom stereocenters. The van der Waals surface area contributed by atoms with Gasteiger partial charge in [-0.1, -0.05) is 37.2 Å². The van der Waals surface area contributed by atoms with Crippen LogP contribution in [0.2, 0.25) is 5.15 Å². The Morgan fingerprint density at radius 2 is 1.59 bits per heavy atom. The second kappa shape index (κ2) is 9.91. The summed E-state index contributed by atoms with van der Waals surface area (Å²) >= 11 is 7.60. The molecule has 150 valence electrons. The number of likely N-dealkylation sites (N-methyl/N-ethyl adjacent to an activating group) is 2. The minimum absolute atomic E-state index is 0.150. The lowest BCUT2D eigenvalue weighted by atomic mass is 10.3. The number of thioether (sulfide) groups is 1. The lowest BCUT2D eigenvalue weighted by Crippen LogP contribution is -2.49. The van der Waals surface area contributed by atoms with Crippen molar-refractivity contribution in [3.8, 4) is 0 Å². The van der Waals surface area contributed by atoms with E-state index in [-0.39, 0.29) is 5.91 Å². The van der Waals surface area contributed by atoms with E-state index in [4.69, 9.17) is 11.6 Å². The molecule has 2 aliphatic heterocycles. The highest BCUT2D eigenvalue weighted by Gasteiger charge is 2.21. The third kappa shape index (κ3) is 5.70. The van der Waals surface area contributed by atoms with Crippen LogP contribution in [0.4, 0.5) is 5.82 Å². The van der Waals surface area contributed by atoms with Crippen LogP contribution >= 0.6 is 23.4 Å². The van der Waals surface area contributed by atoms with Crippen LogP contribution in [0.5, 0.6) is 0 Å². The summed E-state index contributed by atoms with van der Waals surface area (Å²) in [6, 6.07) is 1.82. The van der Waals surface area contributed by atoms with Gasteiger partial charge in [0.1, 0.15) is 11.0 Å². The number of halogens is 1. The van der Waals surface area contributed by atoms with Crippen molar-refractivity contribution >= 4 is 35.1 Å². The molecule has 3 heterocycles. The molecular weight excluding hydrogens is 384 g/mol. The lowest BCUT2D eigenvalue weighted by molar-refractivity contribution is -0.130. The maximum absolute atomic E-state index is 12.5. The molecule has 0 atom stereocenters. The first-order chi connectivity index (χ1) is 13.1. The Balaban J connectivity index is 1.54. The standard InChI is InChI=1S/C18H29ClN6OS/c1-3-22-5-9-24(10-6-22)16-13-15(19)20-18(21-16)27-14-17(26)25-11-7-23(4-2)8-12-25/h13H,3-12,14H2,1-2H3. The zero-order valence-corrected chi connectivity index (χ0v) is 17.8. The third-order valence-electron chi connectivity index (χ3n) is 5.30. The second-order valence-electron chi connectivity index (χ2n) is 6.86. The number of carbonyl (C=O) groups is 1. The van der Waals surface area contributed by atoms with Gasteiger partial charge in [0.25, 0.3) is 0 Å². The Bertz CT molecular complexity index is 632. The van der Waals surface area contributed by atoms with Crippen LogP contribution in [0.3, 0.4) is 0 Å². The number of anilines is 1. The van der Waals surface area contributed by atoms with E-state index in [1.807, 2.05) is 11.0 Å². The summed E-state index contributed by atoms with van der Waals surface area (Å²) in [7, 11) is 0. The minimum atomic E-state index is 0.150. The molecule has 2 aliphatic rings. The van der Waals surface area contributed by atoms with Crippen molar-refractivity contribution in [2.75, 3.05) is 76.1 Å². The highest BCUT2D eigenvalue weighted by Crippen LogP contribution is 2.23. The molecular formula is C18H29ClN6OS. The van der Waals surface area contributed by atoms with Gasteiger partial charge in [-0.05, 0) is 13.1 Å². The van der Waals surface area contributed by atoms with E-state index in [0.29, 0.717) is 16.1 Å². The van der Waals surface area contributed by atoms with Crippen LogP contribution in [-0.2, 0) is 4.79 Å². The van der Waals surface area contributed by atoms with Gasteiger partial charge in [0.15, 0.2) is 5.16 Å². The van der Waals surface area contributed by atoms with E-state index in [1.54, 1.807) is 0 Å². The Labute approximate surface area is 171 Å². The van der Waals surface area contributed by atoms with Crippen LogP contribution in [0, 0.1) is 0 Å². The average molecular weight is 413 g/mol. The maximum atomic E-state index is 12.5. The van der Waals surface area contributed by atoms with Gasteiger partial charge >= 0.3 is 0 Å². The second-order valence-corrected chi connectivity index (χ2v) is 8.19. The smallest absolute Gasteiger partial charge is 0.233 e. The van der Waals surface area contributed by atoms with Crippen molar-refractivity contribution in [3.05, 3.63) is 11.2 Å². The number of aromatic nitrogens is 2. The van der Waals surface area contributed by atoms with Crippen LogP contribution in [0.25, 0.3) is 0 Å². The van der Waals surface area contributed by atoms with E-state index in [1.165, 1.54) is 11.8 Å². The van der Waals surface area contributed by atoms with Crippen molar-refractivity contribution in [2.24, 2.45) is 0 Å². The predicted octanol–water partition coefficient (Wildman–Crippen LogP) is 1.53. The van der Waals surface area contributed by atoms with E-state index in [0.717, 1.165) is 71.3 Å². The first-order valence-corrected chi connectivity index (χ1v) is 11.1. The quantitative estimate of drug-likeness (QED) is 0.399. The third-order valence-corrected chi connectivity index (χ3v) is 6.33. The molecule has 0 radical (unpaired) electrons. The molecule has 7 nitrogen and oxygen atoms in total. The minimum Gasteiger partial charge on any atom is -0.354 e. The number of hydrogen-bond donors (Lipinski definition) is 0. The Morgan fingerprint density at radius 1 is 1.00 bits per heavy atom. The summed E-state index contributed by atoms with van der Waals surface area (Å²) in [5.41, 5.74) is 0. The molecule has 1 amide bonds. The molecule has 0 saturated carbocycles. The molecule has 0 N–H and O–H groups in total. The lowest BCUT2D eigenvalue weighted by Gasteiger charge is -2.35. The van der Waals surface area contributed by atoms with E-state index < -0.39 is 0 Å². The molecule has 9 heteroatoms. The summed E-state index contributed by atoms with van der Waals surface area (Å²) < 4.78 is 0. The van der Waals surface area contributed by atoms with Crippen molar-refractivity contribution < 1.29 is 4.79 Å². The van der Waals surface area contributed by atoms with Crippen molar-refractivity contribution in [1.29, 1.82) is 0 Å². The highest BCUT2D eigenvalue weighted by molar-refractivity contribution is 7.99. The number of hydrogen-bond acceptors (Lipinski definition) is 7. The maximum Gasteiger partial charge on any atom is 0.233 e. The Hall–Kier alpha value is -1.09.